The van der Waals surface area contributed by atoms with Gasteiger partial charge in [-0.15, -0.1) is 0 Å². The molecule has 0 fully saturated rings. The molecule has 0 aliphatic carbocycles. The Balaban J connectivity index is 1.54. The fraction of sp³-hybridized carbons (Fsp3) is 0.130. The number of carbonyl (C=O) groups excluding carboxylic acids is 1. The second kappa shape index (κ2) is 8.06. The number of aromatic nitrogens is 4. The van der Waals surface area contributed by atoms with Crippen molar-refractivity contribution in [3.8, 4) is 22.5 Å². The Morgan fingerprint density at radius 3 is 2.34 bits per heavy atom. The first kappa shape index (κ1) is 18.6. The Morgan fingerprint density at radius 1 is 0.931 bits per heavy atom. The third-order valence-electron chi connectivity index (χ3n) is 4.71. The molecule has 0 unspecified atom stereocenters. The van der Waals surface area contributed by atoms with Crippen LogP contribution in [0, 0.1) is 0 Å². The van der Waals surface area contributed by atoms with Crippen molar-refractivity contribution >= 4 is 5.91 Å². The smallest absolute Gasteiger partial charge is 0.270 e. The van der Waals surface area contributed by atoms with Crippen molar-refractivity contribution in [2.75, 3.05) is 7.05 Å². The van der Waals surface area contributed by atoms with E-state index < -0.39 is 0 Å². The van der Waals surface area contributed by atoms with Crippen molar-refractivity contribution in [1.29, 1.82) is 0 Å². The molecule has 6 heteroatoms. The third-order valence-corrected chi connectivity index (χ3v) is 4.71. The topological polar surface area (TPSA) is 63.9 Å². The molecule has 0 saturated heterocycles. The van der Waals surface area contributed by atoms with Crippen LogP contribution >= 0.6 is 0 Å². The monoisotopic (exact) mass is 383 g/mol. The van der Waals surface area contributed by atoms with Gasteiger partial charge in [0.05, 0.1) is 12.2 Å². The van der Waals surface area contributed by atoms with E-state index in [0.717, 1.165) is 22.4 Å². The summed E-state index contributed by atoms with van der Waals surface area (Å²) in [4.78, 5) is 27.8. The van der Waals surface area contributed by atoms with Crippen LogP contribution in [-0.4, -0.2) is 37.4 Å². The molecule has 0 N–H and O–H groups in total. The lowest BCUT2D eigenvalue weighted by molar-refractivity contribution is 0.0774. The van der Waals surface area contributed by atoms with E-state index in [0.29, 0.717) is 18.1 Å². The number of hydrogen-bond donors (Lipinski definition) is 0. The average molecular weight is 383 g/mol. The molecule has 3 aromatic heterocycles. The standard InChI is InChI=1S/C23H21N5O/c1-27-15-18(19-13-25-22(26-14-19)17-8-4-3-5-9-17)12-21(27)23(29)28(2)16-20-10-6-7-11-24-20/h3-15H,16H2,1-2H3. The van der Waals surface area contributed by atoms with Crippen molar-refractivity contribution in [1.82, 2.24) is 24.4 Å². The predicted octanol–water partition coefficient (Wildman–Crippen LogP) is 3.82. The summed E-state index contributed by atoms with van der Waals surface area (Å²) in [5, 5.41) is 0. The van der Waals surface area contributed by atoms with Gasteiger partial charge in [0.25, 0.3) is 5.91 Å². The molecule has 0 saturated carbocycles. The highest BCUT2D eigenvalue weighted by Gasteiger charge is 2.18. The molecule has 1 amide bonds. The predicted molar refractivity (Wildman–Crippen MR) is 112 cm³/mol. The van der Waals surface area contributed by atoms with Crippen LogP contribution in [-0.2, 0) is 13.6 Å². The lowest BCUT2D eigenvalue weighted by Crippen LogP contribution is -2.28. The molecule has 4 rings (SSSR count). The minimum absolute atomic E-state index is 0.0637. The van der Waals surface area contributed by atoms with Gasteiger partial charge in [-0.05, 0) is 18.2 Å². The summed E-state index contributed by atoms with van der Waals surface area (Å²) in [5.41, 5.74) is 4.20. The fourth-order valence-electron chi connectivity index (χ4n) is 3.15. The molecule has 0 radical (unpaired) electrons. The number of carbonyl (C=O) groups is 1. The van der Waals surface area contributed by atoms with Gasteiger partial charge in [-0.25, -0.2) is 9.97 Å². The molecule has 3 heterocycles. The van der Waals surface area contributed by atoms with E-state index >= 15 is 0 Å². The highest BCUT2D eigenvalue weighted by molar-refractivity contribution is 5.94. The minimum atomic E-state index is -0.0637. The van der Waals surface area contributed by atoms with Crippen LogP contribution in [0.1, 0.15) is 16.2 Å². The van der Waals surface area contributed by atoms with Crippen molar-refractivity contribution < 1.29 is 4.79 Å². The summed E-state index contributed by atoms with van der Waals surface area (Å²) in [6.45, 7) is 0.453. The van der Waals surface area contributed by atoms with Gasteiger partial charge in [-0.3, -0.25) is 9.78 Å². The van der Waals surface area contributed by atoms with Gasteiger partial charge in [-0.1, -0.05) is 36.4 Å². The largest absolute Gasteiger partial charge is 0.346 e. The number of aryl methyl sites for hydroxylation is 1. The van der Waals surface area contributed by atoms with E-state index in [1.54, 1.807) is 30.5 Å². The van der Waals surface area contributed by atoms with E-state index in [4.69, 9.17) is 0 Å². The summed E-state index contributed by atoms with van der Waals surface area (Å²) in [6.07, 6.45) is 7.23. The molecule has 144 valence electrons. The molecule has 4 aromatic rings. The molecule has 0 aliphatic heterocycles. The van der Waals surface area contributed by atoms with Crippen molar-refractivity contribution in [3.63, 3.8) is 0 Å². The van der Waals surface area contributed by atoms with Crippen LogP contribution in [0.25, 0.3) is 22.5 Å². The van der Waals surface area contributed by atoms with E-state index in [1.807, 2.05) is 72.4 Å². The average Bonchev–Trinajstić information content (AvgIpc) is 3.16. The number of benzene rings is 1. The Morgan fingerprint density at radius 2 is 1.66 bits per heavy atom. The van der Waals surface area contributed by atoms with E-state index in [1.165, 1.54) is 0 Å². The summed E-state index contributed by atoms with van der Waals surface area (Å²) in [7, 11) is 3.64. The number of pyridine rings is 1. The maximum atomic E-state index is 12.9. The molecule has 0 atom stereocenters. The Labute approximate surface area is 169 Å². The van der Waals surface area contributed by atoms with Crippen LogP contribution in [0.3, 0.4) is 0 Å². The first-order valence-electron chi connectivity index (χ1n) is 9.31. The highest BCUT2D eigenvalue weighted by atomic mass is 16.2. The number of hydrogen-bond acceptors (Lipinski definition) is 4. The van der Waals surface area contributed by atoms with Gasteiger partial charge in [0.1, 0.15) is 5.69 Å². The van der Waals surface area contributed by atoms with E-state index in [-0.39, 0.29) is 5.91 Å². The van der Waals surface area contributed by atoms with Gasteiger partial charge >= 0.3 is 0 Å². The Bertz CT molecular complexity index is 1110. The van der Waals surface area contributed by atoms with E-state index in [9.17, 15) is 4.79 Å². The fourth-order valence-corrected chi connectivity index (χ4v) is 3.15. The zero-order valence-corrected chi connectivity index (χ0v) is 16.4. The third kappa shape index (κ3) is 4.06. The second-order valence-corrected chi connectivity index (χ2v) is 6.87. The summed E-state index contributed by atoms with van der Waals surface area (Å²) < 4.78 is 1.83. The molecule has 6 nitrogen and oxygen atoms in total. The SMILES string of the molecule is CN(Cc1ccccn1)C(=O)c1cc(-c2cnc(-c3ccccc3)nc2)cn1C. The summed E-state index contributed by atoms with van der Waals surface area (Å²) >= 11 is 0. The zero-order chi connectivity index (χ0) is 20.2. The van der Waals surface area contributed by atoms with Crippen molar-refractivity contribution in [2.45, 2.75) is 6.54 Å². The quantitative estimate of drug-likeness (QED) is 0.526. The molecule has 0 bridgehead atoms. The lowest BCUT2D eigenvalue weighted by atomic mass is 10.1. The zero-order valence-electron chi connectivity index (χ0n) is 16.4. The van der Waals surface area contributed by atoms with Crippen LogP contribution < -0.4 is 0 Å². The summed E-state index contributed by atoms with van der Waals surface area (Å²) in [5.74, 6) is 0.614. The van der Waals surface area contributed by atoms with Crippen LogP contribution in [0.4, 0.5) is 0 Å². The van der Waals surface area contributed by atoms with Gasteiger partial charge in [0.2, 0.25) is 0 Å². The molecular weight excluding hydrogens is 362 g/mol. The summed E-state index contributed by atoms with van der Waals surface area (Å²) in [6, 6.07) is 17.4. The van der Waals surface area contributed by atoms with Gasteiger partial charge in [0.15, 0.2) is 5.82 Å². The Kier molecular flexibility index (Phi) is 5.16. The normalized spacial score (nSPS) is 10.7. The van der Waals surface area contributed by atoms with Crippen LogP contribution in [0.15, 0.2) is 79.4 Å². The first-order chi connectivity index (χ1) is 14.1. The molecular formula is C23H21N5O. The maximum Gasteiger partial charge on any atom is 0.270 e. The maximum absolute atomic E-state index is 12.9. The minimum Gasteiger partial charge on any atom is -0.346 e. The molecule has 0 aliphatic rings. The molecule has 0 spiro atoms. The number of amides is 1. The first-order valence-corrected chi connectivity index (χ1v) is 9.31. The van der Waals surface area contributed by atoms with Crippen molar-refractivity contribution in [3.05, 3.63) is 90.8 Å². The van der Waals surface area contributed by atoms with Gasteiger partial charge < -0.3 is 9.47 Å². The highest BCUT2D eigenvalue weighted by Crippen LogP contribution is 2.23. The molecule has 1 aromatic carbocycles. The second-order valence-electron chi connectivity index (χ2n) is 6.87. The van der Waals surface area contributed by atoms with Gasteiger partial charge in [-0.2, -0.15) is 0 Å². The van der Waals surface area contributed by atoms with E-state index in [2.05, 4.69) is 15.0 Å². The molecule has 29 heavy (non-hydrogen) atoms. The van der Waals surface area contributed by atoms with Crippen LogP contribution in [0.2, 0.25) is 0 Å². The van der Waals surface area contributed by atoms with Crippen molar-refractivity contribution in [2.24, 2.45) is 7.05 Å². The Hall–Kier alpha value is -3.80. The van der Waals surface area contributed by atoms with Crippen LogP contribution in [0.5, 0.6) is 0 Å². The number of nitrogens with zero attached hydrogens (tertiary/aromatic N) is 5. The van der Waals surface area contributed by atoms with Gasteiger partial charge in [0, 0.05) is 55.6 Å². The number of rotatable bonds is 5. The lowest BCUT2D eigenvalue weighted by Gasteiger charge is -2.16.